The molecule has 0 spiro atoms. The summed E-state index contributed by atoms with van der Waals surface area (Å²) < 4.78 is 4.94. The summed E-state index contributed by atoms with van der Waals surface area (Å²) in [6.45, 7) is 0. The number of hydrogen-bond acceptors (Lipinski definition) is 4. The van der Waals surface area contributed by atoms with Gasteiger partial charge in [-0.05, 0) is 30.5 Å². The molecule has 0 aliphatic heterocycles. The van der Waals surface area contributed by atoms with E-state index >= 15 is 0 Å². The summed E-state index contributed by atoms with van der Waals surface area (Å²) in [5.41, 5.74) is 0.789. The minimum Gasteiger partial charge on any atom is -0.504 e. The van der Waals surface area contributed by atoms with Gasteiger partial charge in [0.2, 0.25) is 0 Å². The number of aliphatic carboxylic acids is 1. The molecule has 0 aliphatic carbocycles. The van der Waals surface area contributed by atoms with Gasteiger partial charge < -0.3 is 20.1 Å². The molecule has 1 atom stereocenters. The van der Waals surface area contributed by atoms with Crippen molar-refractivity contribution < 1.29 is 24.9 Å². The first-order chi connectivity index (χ1) is 8.02. The van der Waals surface area contributed by atoms with Gasteiger partial charge in [0.25, 0.3) is 0 Å². The number of aromatic hydroxyl groups is 1. The van der Waals surface area contributed by atoms with Gasteiger partial charge in [-0.1, -0.05) is 6.07 Å². The molecule has 0 amide bonds. The van der Waals surface area contributed by atoms with E-state index in [1.165, 1.54) is 13.2 Å². The zero-order chi connectivity index (χ0) is 12.8. The van der Waals surface area contributed by atoms with Gasteiger partial charge in [0, 0.05) is 6.42 Å². The van der Waals surface area contributed by atoms with Crippen LogP contribution in [0.2, 0.25) is 0 Å². The standard InChI is InChI=1S/C12H16O5/c1-17-11-7-8(2-4-10(11)14)6-9(13)3-5-12(15)16/h2,4,7,9,13-14H,3,5-6H2,1H3,(H,15,16). The van der Waals surface area contributed by atoms with E-state index in [0.29, 0.717) is 12.2 Å². The zero-order valence-electron chi connectivity index (χ0n) is 9.59. The summed E-state index contributed by atoms with van der Waals surface area (Å²) in [5, 5.41) is 27.5. The molecule has 0 fully saturated rings. The molecule has 0 saturated carbocycles. The largest absolute Gasteiger partial charge is 0.504 e. The number of aliphatic hydroxyl groups is 1. The number of carbonyl (C=O) groups is 1. The first-order valence-electron chi connectivity index (χ1n) is 5.28. The van der Waals surface area contributed by atoms with Gasteiger partial charge in [0.1, 0.15) is 0 Å². The third-order valence-corrected chi connectivity index (χ3v) is 2.41. The highest BCUT2D eigenvalue weighted by Gasteiger charge is 2.10. The van der Waals surface area contributed by atoms with Crippen molar-refractivity contribution in [2.75, 3.05) is 7.11 Å². The third-order valence-electron chi connectivity index (χ3n) is 2.41. The molecule has 0 bridgehead atoms. The molecule has 0 heterocycles. The Labute approximate surface area is 99.3 Å². The summed E-state index contributed by atoms with van der Waals surface area (Å²) in [6.07, 6.45) is -0.223. The average Bonchev–Trinajstić information content (AvgIpc) is 2.29. The molecule has 0 aliphatic rings. The molecule has 0 aromatic heterocycles. The number of phenols is 1. The average molecular weight is 240 g/mol. The number of hydrogen-bond donors (Lipinski definition) is 3. The Bertz CT molecular complexity index is 388. The maximum Gasteiger partial charge on any atom is 0.303 e. The van der Waals surface area contributed by atoms with Gasteiger partial charge in [0.15, 0.2) is 11.5 Å². The van der Waals surface area contributed by atoms with Gasteiger partial charge >= 0.3 is 5.97 Å². The molecule has 94 valence electrons. The zero-order valence-corrected chi connectivity index (χ0v) is 9.59. The van der Waals surface area contributed by atoms with Crippen LogP contribution in [0.15, 0.2) is 18.2 Å². The van der Waals surface area contributed by atoms with Crippen LogP contribution in [-0.2, 0) is 11.2 Å². The van der Waals surface area contributed by atoms with Crippen LogP contribution >= 0.6 is 0 Å². The summed E-state index contributed by atoms with van der Waals surface area (Å²) in [7, 11) is 1.44. The predicted molar refractivity (Wildman–Crippen MR) is 61.2 cm³/mol. The van der Waals surface area contributed by atoms with E-state index in [0.717, 1.165) is 5.56 Å². The van der Waals surface area contributed by atoms with Crippen LogP contribution < -0.4 is 4.74 Å². The quantitative estimate of drug-likeness (QED) is 0.694. The molecule has 1 aromatic rings. The Balaban J connectivity index is 2.59. The number of carboxylic acid groups (broad SMARTS) is 1. The van der Waals surface area contributed by atoms with E-state index in [-0.39, 0.29) is 18.6 Å². The molecule has 5 nitrogen and oxygen atoms in total. The minimum atomic E-state index is -0.924. The molecule has 0 saturated heterocycles. The monoisotopic (exact) mass is 240 g/mol. The molecule has 1 aromatic carbocycles. The summed E-state index contributed by atoms with van der Waals surface area (Å²) >= 11 is 0. The van der Waals surface area contributed by atoms with Crippen LogP contribution in [0, 0.1) is 0 Å². The van der Waals surface area contributed by atoms with Gasteiger partial charge in [-0.25, -0.2) is 0 Å². The summed E-state index contributed by atoms with van der Waals surface area (Å²) in [4.78, 5) is 10.3. The second-order valence-corrected chi connectivity index (χ2v) is 3.80. The number of methoxy groups -OCH3 is 1. The topological polar surface area (TPSA) is 87.0 Å². The third kappa shape index (κ3) is 4.32. The van der Waals surface area contributed by atoms with Crippen molar-refractivity contribution >= 4 is 5.97 Å². The van der Waals surface area contributed by atoms with E-state index in [2.05, 4.69) is 0 Å². The Kier molecular flexibility index (Phi) is 4.78. The second kappa shape index (κ2) is 6.10. The fraction of sp³-hybridized carbons (Fsp3) is 0.417. The number of ether oxygens (including phenoxy) is 1. The summed E-state index contributed by atoms with van der Waals surface area (Å²) in [5.74, 6) is -0.545. The maximum atomic E-state index is 10.3. The lowest BCUT2D eigenvalue weighted by Gasteiger charge is -2.11. The second-order valence-electron chi connectivity index (χ2n) is 3.80. The van der Waals surface area contributed by atoms with Crippen molar-refractivity contribution in [3.8, 4) is 11.5 Å². The highest BCUT2D eigenvalue weighted by Crippen LogP contribution is 2.26. The van der Waals surface area contributed by atoms with E-state index in [1.807, 2.05) is 0 Å². The lowest BCUT2D eigenvalue weighted by atomic mass is 10.0. The molecular weight excluding hydrogens is 224 g/mol. The number of phenolic OH excluding ortho intramolecular Hbond substituents is 1. The number of rotatable bonds is 6. The SMILES string of the molecule is COc1cc(CC(O)CCC(=O)O)ccc1O. The first-order valence-corrected chi connectivity index (χ1v) is 5.28. The van der Waals surface area contributed by atoms with Crippen molar-refractivity contribution in [1.82, 2.24) is 0 Å². The van der Waals surface area contributed by atoms with Crippen LogP contribution in [-0.4, -0.2) is 34.5 Å². The van der Waals surface area contributed by atoms with E-state index < -0.39 is 12.1 Å². The predicted octanol–water partition coefficient (Wildman–Crippen LogP) is 1.17. The fourth-order valence-electron chi connectivity index (χ4n) is 1.51. The molecule has 1 unspecified atom stereocenters. The van der Waals surface area contributed by atoms with Gasteiger partial charge in [-0.2, -0.15) is 0 Å². The van der Waals surface area contributed by atoms with Crippen LogP contribution in [0.3, 0.4) is 0 Å². The molecular formula is C12H16O5. The van der Waals surface area contributed by atoms with Gasteiger partial charge in [-0.3, -0.25) is 4.79 Å². The van der Waals surface area contributed by atoms with Crippen molar-refractivity contribution in [2.45, 2.75) is 25.4 Å². The van der Waals surface area contributed by atoms with Crippen molar-refractivity contribution in [3.63, 3.8) is 0 Å². The molecule has 17 heavy (non-hydrogen) atoms. The van der Waals surface area contributed by atoms with Crippen LogP contribution in [0.5, 0.6) is 11.5 Å². The first kappa shape index (κ1) is 13.3. The van der Waals surface area contributed by atoms with Crippen molar-refractivity contribution in [1.29, 1.82) is 0 Å². The fourth-order valence-corrected chi connectivity index (χ4v) is 1.51. The number of aliphatic hydroxyl groups excluding tert-OH is 1. The molecule has 1 rings (SSSR count). The minimum absolute atomic E-state index is 0.0382. The summed E-state index contributed by atoms with van der Waals surface area (Å²) in [6, 6.07) is 4.78. The maximum absolute atomic E-state index is 10.3. The number of benzene rings is 1. The Morgan fingerprint density at radius 3 is 2.76 bits per heavy atom. The Morgan fingerprint density at radius 1 is 1.47 bits per heavy atom. The van der Waals surface area contributed by atoms with Crippen LogP contribution in [0.1, 0.15) is 18.4 Å². The van der Waals surface area contributed by atoms with Gasteiger partial charge in [-0.15, -0.1) is 0 Å². The highest BCUT2D eigenvalue weighted by molar-refractivity contribution is 5.66. The van der Waals surface area contributed by atoms with Gasteiger partial charge in [0.05, 0.1) is 13.2 Å². The Hall–Kier alpha value is -1.75. The number of carboxylic acids is 1. The van der Waals surface area contributed by atoms with Crippen LogP contribution in [0.25, 0.3) is 0 Å². The van der Waals surface area contributed by atoms with Crippen molar-refractivity contribution in [2.24, 2.45) is 0 Å². The van der Waals surface area contributed by atoms with Crippen LogP contribution in [0.4, 0.5) is 0 Å². The van der Waals surface area contributed by atoms with E-state index in [9.17, 15) is 15.0 Å². The lowest BCUT2D eigenvalue weighted by Crippen LogP contribution is -2.12. The Morgan fingerprint density at radius 2 is 2.18 bits per heavy atom. The lowest BCUT2D eigenvalue weighted by molar-refractivity contribution is -0.137. The van der Waals surface area contributed by atoms with E-state index in [4.69, 9.17) is 9.84 Å². The van der Waals surface area contributed by atoms with E-state index in [1.54, 1.807) is 12.1 Å². The van der Waals surface area contributed by atoms with Crippen molar-refractivity contribution in [3.05, 3.63) is 23.8 Å². The smallest absolute Gasteiger partial charge is 0.303 e. The molecule has 3 N–H and O–H groups in total. The molecule has 5 heteroatoms. The normalized spacial score (nSPS) is 12.1. The highest BCUT2D eigenvalue weighted by atomic mass is 16.5. The molecule has 0 radical (unpaired) electrons.